The lowest BCUT2D eigenvalue weighted by molar-refractivity contribution is -0.136. The lowest BCUT2D eigenvalue weighted by Gasteiger charge is -2.33. The molecule has 0 aliphatic carbocycles. The van der Waals surface area contributed by atoms with Crippen LogP contribution in [0, 0.1) is 11.7 Å². The summed E-state index contributed by atoms with van der Waals surface area (Å²) in [5.41, 5.74) is 1.06. The van der Waals surface area contributed by atoms with E-state index in [2.05, 4.69) is 4.90 Å². The number of piperidine rings is 1. The van der Waals surface area contributed by atoms with Gasteiger partial charge < -0.3 is 4.90 Å². The molecule has 0 bridgehead atoms. The maximum atomic E-state index is 13.2. The molecule has 0 N–H and O–H groups in total. The predicted molar refractivity (Wildman–Crippen MR) is 126 cm³/mol. The van der Waals surface area contributed by atoms with Crippen LogP contribution in [0.5, 0.6) is 0 Å². The molecule has 0 saturated carbocycles. The first-order chi connectivity index (χ1) is 15.8. The normalized spacial score (nSPS) is 19.4. The van der Waals surface area contributed by atoms with E-state index in [9.17, 15) is 17.6 Å². The van der Waals surface area contributed by atoms with E-state index < -0.39 is 10.0 Å². The van der Waals surface area contributed by atoms with Crippen molar-refractivity contribution in [2.75, 3.05) is 39.3 Å². The molecule has 2 aliphatic rings. The van der Waals surface area contributed by atoms with Crippen LogP contribution in [0.4, 0.5) is 4.39 Å². The maximum Gasteiger partial charge on any atom is 0.243 e. The van der Waals surface area contributed by atoms with E-state index >= 15 is 0 Å². The van der Waals surface area contributed by atoms with Crippen LogP contribution in [-0.4, -0.2) is 67.7 Å². The van der Waals surface area contributed by atoms with Crippen molar-refractivity contribution in [2.45, 2.75) is 30.7 Å². The number of nitrogens with zero attached hydrogens (tertiary/aromatic N) is 3. The molecule has 2 aromatic carbocycles. The zero-order chi connectivity index (χ0) is 23.4. The molecule has 4 rings (SSSR count). The Labute approximate surface area is 200 Å². The molecule has 9 heteroatoms. The molecule has 2 aromatic rings. The van der Waals surface area contributed by atoms with Gasteiger partial charge in [0.05, 0.1) is 4.90 Å². The van der Waals surface area contributed by atoms with Crippen molar-refractivity contribution in [2.24, 2.45) is 5.92 Å². The standard InChI is InChI=1S/C24H29ClFN3O3S/c25-21-4-8-23(9-5-21)33(31,32)29-14-10-20(11-15-29)24(30)28-13-1-12-27(16-17-28)18-19-2-6-22(26)7-3-19/h2-9,20H,1,10-18H2. The van der Waals surface area contributed by atoms with Gasteiger partial charge in [-0.2, -0.15) is 4.31 Å². The molecule has 2 heterocycles. The van der Waals surface area contributed by atoms with Gasteiger partial charge in [0.1, 0.15) is 5.82 Å². The highest BCUT2D eigenvalue weighted by Gasteiger charge is 2.34. The molecule has 0 unspecified atom stereocenters. The molecule has 0 atom stereocenters. The molecular weight excluding hydrogens is 465 g/mol. The zero-order valence-electron chi connectivity index (χ0n) is 18.5. The lowest BCUT2D eigenvalue weighted by Crippen LogP contribution is -2.45. The predicted octanol–water partition coefficient (Wildman–Crippen LogP) is 3.61. The van der Waals surface area contributed by atoms with Gasteiger partial charge in [0.2, 0.25) is 15.9 Å². The summed E-state index contributed by atoms with van der Waals surface area (Å²) in [6, 6.07) is 12.7. The van der Waals surface area contributed by atoms with Crippen LogP contribution in [0.3, 0.4) is 0 Å². The topological polar surface area (TPSA) is 60.9 Å². The highest BCUT2D eigenvalue weighted by Crippen LogP contribution is 2.26. The summed E-state index contributed by atoms with van der Waals surface area (Å²) in [4.78, 5) is 17.6. The summed E-state index contributed by atoms with van der Waals surface area (Å²) in [7, 11) is -3.58. The third-order valence-electron chi connectivity index (χ3n) is 6.47. The third kappa shape index (κ3) is 5.93. The second-order valence-corrected chi connectivity index (χ2v) is 11.1. The van der Waals surface area contributed by atoms with Crippen LogP contribution < -0.4 is 0 Å². The van der Waals surface area contributed by atoms with Crippen molar-refractivity contribution in [1.29, 1.82) is 0 Å². The number of carbonyl (C=O) groups is 1. The van der Waals surface area contributed by atoms with Gasteiger partial charge in [0.25, 0.3) is 0 Å². The van der Waals surface area contributed by atoms with Gasteiger partial charge in [0.15, 0.2) is 0 Å². The number of halogens is 2. The van der Waals surface area contributed by atoms with Crippen molar-refractivity contribution in [3.63, 3.8) is 0 Å². The first-order valence-electron chi connectivity index (χ1n) is 11.3. The van der Waals surface area contributed by atoms with Crippen molar-refractivity contribution < 1.29 is 17.6 Å². The largest absolute Gasteiger partial charge is 0.341 e. The summed E-state index contributed by atoms with van der Waals surface area (Å²) in [6.45, 7) is 4.44. The SMILES string of the molecule is O=C(C1CCN(S(=O)(=O)c2ccc(Cl)cc2)CC1)N1CCCN(Cc2ccc(F)cc2)CC1. The summed E-state index contributed by atoms with van der Waals surface area (Å²) < 4.78 is 40.4. The van der Waals surface area contributed by atoms with Crippen LogP contribution in [-0.2, 0) is 21.4 Å². The fourth-order valence-corrected chi connectivity index (χ4v) is 6.15. The third-order valence-corrected chi connectivity index (χ3v) is 8.64. The van der Waals surface area contributed by atoms with Crippen LogP contribution in [0.1, 0.15) is 24.8 Å². The van der Waals surface area contributed by atoms with E-state index in [1.807, 2.05) is 4.90 Å². The molecule has 2 fully saturated rings. The minimum Gasteiger partial charge on any atom is -0.341 e. The van der Waals surface area contributed by atoms with Gasteiger partial charge in [-0.05, 0) is 61.2 Å². The Kier molecular flexibility index (Phi) is 7.69. The smallest absolute Gasteiger partial charge is 0.243 e. The number of rotatable bonds is 5. The first-order valence-corrected chi connectivity index (χ1v) is 13.2. The Morgan fingerprint density at radius 1 is 0.909 bits per heavy atom. The number of amides is 1. The molecule has 178 valence electrons. The molecule has 2 aliphatic heterocycles. The highest BCUT2D eigenvalue weighted by atomic mass is 35.5. The van der Waals surface area contributed by atoms with E-state index in [-0.39, 0.29) is 22.5 Å². The summed E-state index contributed by atoms with van der Waals surface area (Å²) >= 11 is 5.87. The quantitative estimate of drug-likeness (QED) is 0.638. The fraction of sp³-hybridized carbons (Fsp3) is 0.458. The molecule has 0 spiro atoms. The fourth-order valence-electron chi connectivity index (χ4n) is 4.55. The maximum absolute atomic E-state index is 13.2. The van der Waals surface area contributed by atoms with Crippen molar-refractivity contribution >= 4 is 27.5 Å². The van der Waals surface area contributed by atoms with Gasteiger partial charge >= 0.3 is 0 Å². The monoisotopic (exact) mass is 493 g/mol. The van der Waals surface area contributed by atoms with Crippen LogP contribution >= 0.6 is 11.6 Å². The lowest BCUT2D eigenvalue weighted by atomic mass is 9.96. The van der Waals surface area contributed by atoms with Gasteiger partial charge in [-0.25, -0.2) is 12.8 Å². The summed E-state index contributed by atoms with van der Waals surface area (Å²) in [6.07, 6.45) is 1.94. The number of hydrogen-bond donors (Lipinski definition) is 0. The minimum atomic E-state index is -3.58. The first kappa shape index (κ1) is 24.1. The molecule has 6 nitrogen and oxygen atoms in total. The Hall–Kier alpha value is -2.00. The van der Waals surface area contributed by atoms with Crippen LogP contribution in [0.25, 0.3) is 0 Å². The number of benzene rings is 2. The molecular formula is C24H29ClFN3O3S. The average molecular weight is 494 g/mol. The Morgan fingerprint density at radius 2 is 1.58 bits per heavy atom. The van der Waals surface area contributed by atoms with Crippen molar-refractivity contribution in [3.8, 4) is 0 Å². The van der Waals surface area contributed by atoms with E-state index in [1.54, 1.807) is 24.3 Å². The summed E-state index contributed by atoms with van der Waals surface area (Å²) in [5, 5.41) is 0.493. The Bertz CT molecular complexity index is 1060. The van der Waals surface area contributed by atoms with Gasteiger partial charge in [-0.3, -0.25) is 9.69 Å². The second-order valence-electron chi connectivity index (χ2n) is 8.71. The molecule has 33 heavy (non-hydrogen) atoms. The van der Waals surface area contributed by atoms with Crippen LogP contribution in [0.15, 0.2) is 53.4 Å². The Morgan fingerprint density at radius 3 is 2.24 bits per heavy atom. The van der Waals surface area contributed by atoms with Gasteiger partial charge in [-0.15, -0.1) is 0 Å². The van der Waals surface area contributed by atoms with E-state index in [0.717, 1.165) is 31.6 Å². The van der Waals surface area contributed by atoms with E-state index in [1.165, 1.54) is 28.6 Å². The molecule has 2 saturated heterocycles. The molecule has 0 radical (unpaired) electrons. The van der Waals surface area contributed by atoms with Gasteiger partial charge in [-0.1, -0.05) is 23.7 Å². The van der Waals surface area contributed by atoms with Gasteiger partial charge in [0, 0.05) is 56.8 Å². The second kappa shape index (κ2) is 10.5. The van der Waals surface area contributed by atoms with Crippen molar-refractivity contribution in [3.05, 3.63) is 64.9 Å². The number of sulfonamides is 1. The Balaban J connectivity index is 1.29. The average Bonchev–Trinajstić information content (AvgIpc) is 3.06. The van der Waals surface area contributed by atoms with E-state index in [0.29, 0.717) is 44.0 Å². The molecule has 1 amide bonds. The van der Waals surface area contributed by atoms with E-state index in [4.69, 9.17) is 11.6 Å². The summed E-state index contributed by atoms with van der Waals surface area (Å²) in [5.74, 6) is -0.258. The van der Waals surface area contributed by atoms with Crippen LogP contribution in [0.2, 0.25) is 5.02 Å². The van der Waals surface area contributed by atoms with Crippen molar-refractivity contribution in [1.82, 2.24) is 14.1 Å². The zero-order valence-corrected chi connectivity index (χ0v) is 20.1. The highest BCUT2D eigenvalue weighted by molar-refractivity contribution is 7.89. The number of carbonyl (C=O) groups excluding carboxylic acids is 1. The number of hydrogen-bond acceptors (Lipinski definition) is 4. The molecule has 0 aromatic heterocycles. The minimum absolute atomic E-state index is 0.127.